The highest BCUT2D eigenvalue weighted by Gasteiger charge is 2.21. The average Bonchev–Trinajstić information content (AvgIpc) is 2.51. The summed E-state index contributed by atoms with van der Waals surface area (Å²) in [5.41, 5.74) is 2.88. The fourth-order valence-corrected chi connectivity index (χ4v) is 5.03. The highest BCUT2D eigenvalue weighted by atomic mass is 79.9. The van der Waals surface area contributed by atoms with E-state index >= 15 is 0 Å². The van der Waals surface area contributed by atoms with Crippen LogP contribution in [0.5, 0.6) is 0 Å². The highest BCUT2D eigenvalue weighted by molar-refractivity contribution is 9.10. The number of rotatable bonds is 4. The Labute approximate surface area is 153 Å². The summed E-state index contributed by atoms with van der Waals surface area (Å²) >= 11 is 5.82. The molecule has 23 heavy (non-hydrogen) atoms. The molecule has 2 fully saturated rings. The lowest BCUT2D eigenvalue weighted by Crippen LogP contribution is -2.53. The zero-order chi connectivity index (χ0) is 16.2. The first-order chi connectivity index (χ1) is 11.1. The summed E-state index contributed by atoms with van der Waals surface area (Å²) in [5, 5.41) is 3.61. The predicted molar refractivity (Wildman–Crippen MR) is 104 cm³/mol. The van der Waals surface area contributed by atoms with Crippen LogP contribution in [0.1, 0.15) is 25.0 Å². The van der Waals surface area contributed by atoms with E-state index < -0.39 is 0 Å². The summed E-state index contributed by atoms with van der Waals surface area (Å²) < 4.78 is 1.25. The van der Waals surface area contributed by atoms with E-state index in [1.54, 1.807) is 0 Å². The molecule has 0 unspecified atom stereocenters. The van der Waals surface area contributed by atoms with Crippen molar-refractivity contribution in [3.8, 4) is 0 Å². The smallest absolute Gasteiger partial charge is 0.0245 e. The van der Waals surface area contributed by atoms with E-state index in [4.69, 9.17) is 0 Å². The van der Waals surface area contributed by atoms with Gasteiger partial charge in [-0.3, -0.25) is 9.80 Å². The molecule has 2 atom stereocenters. The standard InChI is InChI=1S/C18H28BrN3S/c1-14-10-22(11-15(2)20-14)12-16-3-4-18(19)17(9-16)13-21-5-7-23-8-6-21/h3-4,9,14-15,20H,5-8,10-13H2,1-2H3/t14-,15-/m1/s1. The third-order valence-electron chi connectivity index (χ3n) is 4.65. The second-order valence-corrected chi connectivity index (χ2v) is 9.06. The van der Waals surface area contributed by atoms with Gasteiger partial charge in [-0.2, -0.15) is 11.8 Å². The lowest BCUT2D eigenvalue weighted by Gasteiger charge is -2.36. The van der Waals surface area contributed by atoms with Gasteiger partial charge in [0.25, 0.3) is 0 Å². The zero-order valence-electron chi connectivity index (χ0n) is 14.2. The highest BCUT2D eigenvalue weighted by Crippen LogP contribution is 2.23. The molecule has 0 spiro atoms. The van der Waals surface area contributed by atoms with Gasteiger partial charge in [-0.15, -0.1) is 0 Å². The van der Waals surface area contributed by atoms with Crippen LogP contribution in [0.3, 0.4) is 0 Å². The Morgan fingerprint density at radius 3 is 2.48 bits per heavy atom. The number of nitrogens with one attached hydrogen (secondary N) is 1. The average molecular weight is 398 g/mol. The molecule has 2 aliphatic heterocycles. The molecular weight excluding hydrogens is 370 g/mol. The van der Waals surface area contributed by atoms with Crippen molar-refractivity contribution in [2.24, 2.45) is 0 Å². The molecule has 0 bridgehead atoms. The van der Waals surface area contributed by atoms with Crippen LogP contribution < -0.4 is 5.32 Å². The molecule has 0 aliphatic carbocycles. The summed E-state index contributed by atoms with van der Waals surface area (Å²) in [6, 6.07) is 8.08. The van der Waals surface area contributed by atoms with Gasteiger partial charge in [0.05, 0.1) is 0 Å². The third-order valence-corrected chi connectivity index (χ3v) is 6.36. The van der Waals surface area contributed by atoms with Crippen molar-refractivity contribution in [2.75, 3.05) is 37.7 Å². The molecule has 2 saturated heterocycles. The minimum Gasteiger partial charge on any atom is -0.309 e. The van der Waals surface area contributed by atoms with E-state index in [1.807, 2.05) is 0 Å². The fraction of sp³-hybridized carbons (Fsp3) is 0.667. The second kappa shape index (κ2) is 8.34. The van der Waals surface area contributed by atoms with Crippen LogP contribution in [-0.4, -0.2) is 59.6 Å². The minimum atomic E-state index is 0.583. The van der Waals surface area contributed by atoms with Crippen LogP contribution >= 0.6 is 27.7 Å². The van der Waals surface area contributed by atoms with Crippen LogP contribution in [-0.2, 0) is 13.1 Å². The van der Waals surface area contributed by atoms with E-state index in [0.29, 0.717) is 12.1 Å². The number of benzene rings is 1. The third kappa shape index (κ3) is 5.20. The van der Waals surface area contributed by atoms with Crippen LogP contribution in [0.2, 0.25) is 0 Å². The van der Waals surface area contributed by atoms with Gasteiger partial charge in [0.15, 0.2) is 0 Å². The molecule has 0 saturated carbocycles. The first kappa shape index (κ1) is 17.7. The molecule has 128 valence electrons. The number of hydrogen-bond acceptors (Lipinski definition) is 4. The van der Waals surface area contributed by atoms with Gasteiger partial charge >= 0.3 is 0 Å². The van der Waals surface area contributed by atoms with Crippen LogP contribution in [0.4, 0.5) is 0 Å². The molecular formula is C18H28BrN3S. The lowest BCUT2D eigenvalue weighted by molar-refractivity contribution is 0.166. The molecule has 3 rings (SSSR count). The number of thioether (sulfide) groups is 1. The van der Waals surface area contributed by atoms with E-state index in [9.17, 15) is 0 Å². The van der Waals surface area contributed by atoms with Gasteiger partial charge in [-0.25, -0.2) is 0 Å². The molecule has 1 N–H and O–H groups in total. The summed E-state index contributed by atoms with van der Waals surface area (Å²) in [6.07, 6.45) is 0. The Morgan fingerprint density at radius 2 is 1.78 bits per heavy atom. The number of nitrogens with zero attached hydrogens (tertiary/aromatic N) is 2. The molecule has 5 heteroatoms. The van der Waals surface area contributed by atoms with Gasteiger partial charge in [0, 0.05) is 67.3 Å². The summed E-state index contributed by atoms with van der Waals surface area (Å²) in [7, 11) is 0. The second-order valence-electron chi connectivity index (χ2n) is 6.98. The van der Waals surface area contributed by atoms with E-state index in [0.717, 1.165) is 26.2 Å². The van der Waals surface area contributed by atoms with Crippen molar-refractivity contribution < 1.29 is 0 Å². The summed E-state index contributed by atoms with van der Waals surface area (Å²) in [5.74, 6) is 2.54. The molecule has 2 aliphatic rings. The first-order valence-electron chi connectivity index (χ1n) is 8.66. The van der Waals surface area contributed by atoms with Gasteiger partial charge < -0.3 is 5.32 Å². The van der Waals surface area contributed by atoms with Crippen molar-refractivity contribution in [1.82, 2.24) is 15.1 Å². The topological polar surface area (TPSA) is 18.5 Å². The van der Waals surface area contributed by atoms with Gasteiger partial charge in [0.1, 0.15) is 0 Å². The lowest BCUT2D eigenvalue weighted by atomic mass is 10.1. The molecule has 0 amide bonds. The molecule has 2 heterocycles. The van der Waals surface area contributed by atoms with Crippen molar-refractivity contribution in [3.63, 3.8) is 0 Å². The maximum atomic E-state index is 3.75. The van der Waals surface area contributed by atoms with Crippen LogP contribution in [0, 0.1) is 0 Å². The van der Waals surface area contributed by atoms with Crippen molar-refractivity contribution >= 4 is 27.7 Å². The van der Waals surface area contributed by atoms with Crippen LogP contribution in [0.25, 0.3) is 0 Å². The molecule has 0 radical (unpaired) electrons. The zero-order valence-corrected chi connectivity index (χ0v) is 16.6. The SMILES string of the molecule is C[C@@H]1CN(Cc2ccc(Br)c(CN3CCSCC3)c2)C[C@@H](C)N1. The van der Waals surface area contributed by atoms with Crippen molar-refractivity contribution in [3.05, 3.63) is 33.8 Å². The largest absolute Gasteiger partial charge is 0.309 e. The normalized spacial score (nSPS) is 27.3. The van der Waals surface area contributed by atoms with Crippen molar-refractivity contribution in [2.45, 2.75) is 39.0 Å². The first-order valence-corrected chi connectivity index (χ1v) is 10.6. The quantitative estimate of drug-likeness (QED) is 0.840. The maximum Gasteiger partial charge on any atom is 0.0245 e. The Bertz CT molecular complexity index is 509. The van der Waals surface area contributed by atoms with Gasteiger partial charge in [0.2, 0.25) is 0 Å². The molecule has 1 aromatic rings. The monoisotopic (exact) mass is 397 g/mol. The van der Waals surface area contributed by atoms with E-state index in [1.165, 1.54) is 40.2 Å². The van der Waals surface area contributed by atoms with Crippen molar-refractivity contribution in [1.29, 1.82) is 0 Å². The summed E-state index contributed by atoms with van der Waals surface area (Å²) in [6.45, 7) is 11.4. The summed E-state index contributed by atoms with van der Waals surface area (Å²) in [4.78, 5) is 5.16. The van der Waals surface area contributed by atoms with Crippen LogP contribution in [0.15, 0.2) is 22.7 Å². The Hall–Kier alpha value is -0.0700. The van der Waals surface area contributed by atoms with Gasteiger partial charge in [-0.05, 0) is 31.0 Å². The van der Waals surface area contributed by atoms with Gasteiger partial charge in [-0.1, -0.05) is 28.1 Å². The molecule has 0 aromatic heterocycles. The Kier molecular flexibility index (Phi) is 6.44. The minimum absolute atomic E-state index is 0.583. The molecule has 1 aromatic carbocycles. The molecule has 3 nitrogen and oxygen atoms in total. The fourth-order valence-electron chi connectivity index (χ4n) is 3.68. The Morgan fingerprint density at radius 1 is 1.09 bits per heavy atom. The number of piperazine rings is 1. The van der Waals surface area contributed by atoms with E-state index in [-0.39, 0.29) is 0 Å². The Balaban J connectivity index is 1.64. The number of hydrogen-bond donors (Lipinski definition) is 1. The number of halogens is 1. The van der Waals surface area contributed by atoms with E-state index in [2.05, 4.69) is 74.9 Å². The maximum absolute atomic E-state index is 3.75. The predicted octanol–water partition coefficient (Wildman–Crippen LogP) is 3.18.